The predicted molar refractivity (Wildman–Crippen MR) is 81.2 cm³/mol. The highest BCUT2D eigenvalue weighted by atomic mass is 16.6. The van der Waals surface area contributed by atoms with E-state index in [9.17, 15) is 10.1 Å². The molecule has 0 saturated carbocycles. The molecule has 0 aliphatic heterocycles. The molecule has 2 aromatic carbocycles. The molecule has 4 heteroatoms. The van der Waals surface area contributed by atoms with Crippen molar-refractivity contribution in [1.29, 1.82) is 0 Å². The molecule has 0 heterocycles. The van der Waals surface area contributed by atoms with Gasteiger partial charge in [0.1, 0.15) is 5.75 Å². The molecule has 0 bridgehead atoms. The second kappa shape index (κ2) is 7.28. The molecular weight excluding hydrogens is 254 g/mol. The Morgan fingerprint density at radius 2 is 1.80 bits per heavy atom. The van der Waals surface area contributed by atoms with Crippen molar-refractivity contribution in [3.8, 4) is 16.9 Å². The normalized spacial score (nSPS) is 9.40. The molecule has 0 aromatic heterocycles. The first-order chi connectivity index (χ1) is 9.61. The Morgan fingerprint density at radius 1 is 1.10 bits per heavy atom. The van der Waals surface area contributed by atoms with Gasteiger partial charge in [-0.1, -0.05) is 37.6 Å². The Morgan fingerprint density at radius 3 is 2.40 bits per heavy atom. The number of hydrogen-bond acceptors (Lipinski definition) is 3. The first-order valence-corrected chi connectivity index (χ1v) is 6.51. The number of ether oxygens (including phenoxy) is 1. The average molecular weight is 273 g/mol. The number of nitro groups is 1. The number of non-ortho nitro benzene ring substituents is 1. The van der Waals surface area contributed by atoms with E-state index in [4.69, 9.17) is 4.74 Å². The lowest BCUT2D eigenvalue weighted by molar-refractivity contribution is -0.384. The summed E-state index contributed by atoms with van der Waals surface area (Å²) in [6, 6.07) is 12.3. The summed E-state index contributed by atoms with van der Waals surface area (Å²) in [6.07, 6.45) is 0. The van der Waals surface area contributed by atoms with E-state index < -0.39 is 4.92 Å². The van der Waals surface area contributed by atoms with Gasteiger partial charge in [0.15, 0.2) is 0 Å². The number of methoxy groups -OCH3 is 1. The third-order valence-corrected chi connectivity index (χ3v) is 2.72. The van der Waals surface area contributed by atoms with Crippen LogP contribution in [0.4, 0.5) is 5.69 Å². The van der Waals surface area contributed by atoms with E-state index >= 15 is 0 Å². The van der Waals surface area contributed by atoms with Crippen LogP contribution in [0.1, 0.15) is 19.4 Å². The minimum absolute atomic E-state index is 0.0797. The summed E-state index contributed by atoms with van der Waals surface area (Å²) >= 11 is 0. The lowest BCUT2D eigenvalue weighted by Crippen LogP contribution is -1.91. The lowest BCUT2D eigenvalue weighted by Gasteiger charge is -2.09. The molecule has 0 aliphatic carbocycles. The smallest absolute Gasteiger partial charge is 0.270 e. The standard InChI is InChI=1S/C14H13NO3.C2H6/c1-10-6-7-14(18-2)13(8-10)11-4-3-5-12(9-11)15(16)17;1-2/h3-9H,1-2H3;1-2H3. The van der Waals surface area contributed by atoms with E-state index in [1.807, 2.05) is 45.0 Å². The number of benzene rings is 2. The van der Waals surface area contributed by atoms with Gasteiger partial charge in [0.2, 0.25) is 0 Å². The number of nitrogens with zero attached hydrogens (tertiary/aromatic N) is 1. The van der Waals surface area contributed by atoms with E-state index in [1.54, 1.807) is 19.2 Å². The van der Waals surface area contributed by atoms with Crippen molar-refractivity contribution in [2.45, 2.75) is 20.8 Å². The van der Waals surface area contributed by atoms with Gasteiger partial charge in [0.05, 0.1) is 12.0 Å². The summed E-state index contributed by atoms with van der Waals surface area (Å²) in [5.74, 6) is 0.709. The van der Waals surface area contributed by atoms with Crippen LogP contribution in [0.5, 0.6) is 5.75 Å². The summed E-state index contributed by atoms with van der Waals surface area (Å²) in [5, 5.41) is 10.8. The number of aryl methyl sites for hydroxylation is 1. The van der Waals surface area contributed by atoms with Crippen molar-refractivity contribution in [3.63, 3.8) is 0 Å². The number of rotatable bonds is 3. The van der Waals surface area contributed by atoms with Crippen molar-refractivity contribution >= 4 is 5.69 Å². The molecule has 0 aliphatic rings. The molecule has 0 atom stereocenters. The third-order valence-electron chi connectivity index (χ3n) is 2.72. The highest BCUT2D eigenvalue weighted by Crippen LogP contribution is 2.32. The second-order valence-corrected chi connectivity index (χ2v) is 4.01. The summed E-state index contributed by atoms with van der Waals surface area (Å²) in [4.78, 5) is 10.4. The molecule has 0 spiro atoms. The number of hydrogen-bond donors (Lipinski definition) is 0. The van der Waals surface area contributed by atoms with E-state index in [0.717, 1.165) is 16.7 Å². The van der Waals surface area contributed by atoms with Crippen molar-refractivity contribution in [2.75, 3.05) is 7.11 Å². The average Bonchev–Trinajstić information content (AvgIpc) is 2.49. The topological polar surface area (TPSA) is 52.4 Å². The molecule has 2 rings (SSSR count). The maximum absolute atomic E-state index is 10.8. The minimum Gasteiger partial charge on any atom is -0.496 e. The van der Waals surface area contributed by atoms with Crippen LogP contribution in [0.15, 0.2) is 42.5 Å². The first kappa shape index (κ1) is 15.7. The molecule has 0 saturated heterocycles. The van der Waals surface area contributed by atoms with Gasteiger partial charge in [-0.15, -0.1) is 0 Å². The van der Waals surface area contributed by atoms with Gasteiger partial charge < -0.3 is 4.74 Å². The summed E-state index contributed by atoms with van der Waals surface area (Å²) < 4.78 is 5.29. The molecule has 0 unspecified atom stereocenters. The first-order valence-electron chi connectivity index (χ1n) is 6.51. The molecule has 0 N–H and O–H groups in total. The Kier molecular flexibility index (Phi) is 5.72. The van der Waals surface area contributed by atoms with Gasteiger partial charge >= 0.3 is 0 Å². The van der Waals surface area contributed by atoms with Crippen LogP contribution in [0, 0.1) is 17.0 Å². The van der Waals surface area contributed by atoms with Crippen LogP contribution in [-0.4, -0.2) is 12.0 Å². The van der Waals surface area contributed by atoms with Gasteiger partial charge in [0, 0.05) is 17.7 Å². The van der Waals surface area contributed by atoms with Crippen LogP contribution in [0.25, 0.3) is 11.1 Å². The van der Waals surface area contributed by atoms with Crippen molar-refractivity contribution < 1.29 is 9.66 Å². The lowest BCUT2D eigenvalue weighted by atomic mass is 10.0. The molecule has 20 heavy (non-hydrogen) atoms. The molecule has 4 nitrogen and oxygen atoms in total. The fourth-order valence-electron chi connectivity index (χ4n) is 1.83. The molecule has 0 amide bonds. The van der Waals surface area contributed by atoms with Crippen LogP contribution in [-0.2, 0) is 0 Å². The number of nitro benzene ring substituents is 1. The Balaban J connectivity index is 0.000000956. The molecule has 0 radical (unpaired) electrons. The third kappa shape index (κ3) is 3.57. The summed E-state index contributed by atoms with van der Waals surface area (Å²) in [7, 11) is 1.59. The molecule has 0 fully saturated rings. The van der Waals surface area contributed by atoms with E-state index in [0.29, 0.717) is 5.75 Å². The van der Waals surface area contributed by atoms with E-state index in [-0.39, 0.29) is 5.69 Å². The summed E-state index contributed by atoms with van der Waals surface area (Å²) in [6.45, 7) is 5.97. The minimum atomic E-state index is -0.397. The van der Waals surface area contributed by atoms with Crippen LogP contribution >= 0.6 is 0 Å². The van der Waals surface area contributed by atoms with E-state index in [2.05, 4.69) is 0 Å². The molecule has 106 valence electrons. The van der Waals surface area contributed by atoms with Gasteiger partial charge in [0.25, 0.3) is 5.69 Å². The summed E-state index contributed by atoms with van der Waals surface area (Å²) in [5.41, 5.74) is 2.80. The zero-order valence-electron chi connectivity index (χ0n) is 12.2. The van der Waals surface area contributed by atoms with Crippen LogP contribution in [0.2, 0.25) is 0 Å². The van der Waals surface area contributed by atoms with Crippen molar-refractivity contribution in [3.05, 3.63) is 58.1 Å². The van der Waals surface area contributed by atoms with Crippen LogP contribution in [0.3, 0.4) is 0 Å². The van der Waals surface area contributed by atoms with Gasteiger partial charge in [-0.05, 0) is 24.6 Å². The largest absolute Gasteiger partial charge is 0.496 e. The SMILES string of the molecule is CC.COc1ccc(C)cc1-c1cccc([N+](=O)[O-])c1. The van der Waals surface area contributed by atoms with Gasteiger partial charge in [-0.2, -0.15) is 0 Å². The van der Waals surface area contributed by atoms with Gasteiger partial charge in [-0.3, -0.25) is 10.1 Å². The molecule has 2 aromatic rings. The Labute approximate surface area is 119 Å². The predicted octanol–water partition coefficient (Wildman–Crippen LogP) is 4.61. The van der Waals surface area contributed by atoms with Crippen molar-refractivity contribution in [2.24, 2.45) is 0 Å². The maximum Gasteiger partial charge on any atom is 0.270 e. The van der Waals surface area contributed by atoms with Crippen LogP contribution < -0.4 is 4.74 Å². The van der Waals surface area contributed by atoms with Crippen molar-refractivity contribution in [1.82, 2.24) is 0 Å². The fourth-order valence-corrected chi connectivity index (χ4v) is 1.83. The highest BCUT2D eigenvalue weighted by molar-refractivity contribution is 5.72. The zero-order chi connectivity index (χ0) is 15.1. The maximum atomic E-state index is 10.8. The second-order valence-electron chi connectivity index (χ2n) is 4.01. The molecular formula is C16H19NO3. The highest BCUT2D eigenvalue weighted by Gasteiger charge is 2.10. The Hall–Kier alpha value is -2.36. The fraction of sp³-hybridized carbons (Fsp3) is 0.250. The quantitative estimate of drug-likeness (QED) is 0.606. The van der Waals surface area contributed by atoms with E-state index in [1.165, 1.54) is 6.07 Å². The Bertz CT molecular complexity index is 594. The zero-order valence-corrected chi connectivity index (χ0v) is 12.2. The monoisotopic (exact) mass is 273 g/mol. The van der Waals surface area contributed by atoms with Gasteiger partial charge in [-0.25, -0.2) is 0 Å².